The molecule has 1 unspecified atom stereocenters. The highest BCUT2D eigenvalue weighted by Crippen LogP contribution is 2.21. The van der Waals surface area contributed by atoms with Gasteiger partial charge < -0.3 is 10.2 Å². The Morgan fingerprint density at radius 2 is 2.20 bits per heavy atom. The van der Waals surface area contributed by atoms with Gasteiger partial charge in [-0.25, -0.2) is 0 Å². The topological polar surface area (TPSA) is 75.5 Å². The number of nitro benzene ring substituents is 1. The van der Waals surface area contributed by atoms with E-state index in [2.05, 4.69) is 5.32 Å². The van der Waals surface area contributed by atoms with Crippen molar-refractivity contribution in [3.8, 4) is 0 Å². The van der Waals surface area contributed by atoms with Gasteiger partial charge in [0.2, 0.25) is 0 Å². The summed E-state index contributed by atoms with van der Waals surface area (Å²) >= 11 is 0. The molecule has 1 aliphatic rings. The van der Waals surface area contributed by atoms with Crippen molar-refractivity contribution in [1.29, 1.82) is 0 Å². The van der Waals surface area contributed by atoms with E-state index in [0.717, 1.165) is 19.5 Å². The first-order chi connectivity index (χ1) is 9.00. The number of aryl methyl sites for hydroxylation is 1. The van der Waals surface area contributed by atoms with Crippen LogP contribution >= 0.6 is 12.4 Å². The highest BCUT2D eigenvalue weighted by Gasteiger charge is 2.25. The summed E-state index contributed by atoms with van der Waals surface area (Å²) in [5, 5.41) is 14.1. The third-order valence-corrected chi connectivity index (χ3v) is 3.56. The number of carbonyl (C=O) groups is 1. The van der Waals surface area contributed by atoms with Crippen LogP contribution in [0.15, 0.2) is 18.2 Å². The minimum atomic E-state index is -0.455. The first-order valence-electron chi connectivity index (χ1n) is 6.23. The number of nitrogens with zero attached hydrogens (tertiary/aromatic N) is 2. The number of nitro groups is 1. The molecule has 1 amide bonds. The maximum Gasteiger partial charge on any atom is 0.273 e. The number of benzene rings is 1. The maximum atomic E-state index is 12.3. The second kappa shape index (κ2) is 6.67. The molecule has 0 radical (unpaired) electrons. The fourth-order valence-electron chi connectivity index (χ4n) is 2.28. The Balaban J connectivity index is 0.00000200. The van der Waals surface area contributed by atoms with E-state index in [0.29, 0.717) is 11.1 Å². The van der Waals surface area contributed by atoms with Crippen molar-refractivity contribution < 1.29 is 9.72 Å². The summed E-state index contributed by atoms with van der Waals surface area (Å²) in [4.78, 5) is 24.4. The van der Waals surface area contributed by atoms with Gasteiger partial charge in [0, 0.05) is 36.8 Å². The van der Waals surface area contributed by atoms with Gasteiger partial charge in [-0.15, -0.1) is 12.4 Å². The van der Waals surface area contributed by atoms with Crippen molar-refractivity contribution in [2.75, 3.05) is 20.1 Å². The van der Waals surface area contributed by atoms with Crippen LogP contribution in [0.25, 0.3) is 0 Å². The lowest BCUT2D eigenvalue weighted by Crippen LogP contribution is -2.38. The molecule has 20 heavy (non-hydrogen) atoms. The Labute approximate surface area is 123 Å². The molecule has 1 atom stereocenters. The quantitative estimate of drug-likeness (QED) is 0.681. The van der Waals surface area contributed by atoms with Gasteiger partial charge in [-0.2, -0.15) is 0 Å². The van der Waals surface area contributed by atoms with Gasteiger partial charge in [-0.05, 0) is 26.0 Å². The molecular weight excluding hydrogens is 282 g/mol. The smallest absolute Gasteiger partial charge is 0.273 e. The zero-order valence-electron chi connectivity index (χ0n) is 11.5. The van der Waals surface area contributed by atoms with E-state index < -0.39 is 4.92 Å². The van der Waals surface area contributed by atoms with Crippen LogP contribution in [-0.2, 0) is 0 Å². The Hall–Kier alpha value is -1.66. The Morgan fingerprint density at radius 1 is 1.50 bits per heavy atom. The van der Waals surface area contributed by atoms with E-state index in [9.17, 15) is 14.9 Å². The van der Waals surface area contributed by atoms with Gasteiger partial charge in [-0.1, -0.05) is 6.07 Å². The van der Waals surface area contributed by atoms with Crippen LogP contribution in [0.1, 0.15) is 22.3 Å². The molecule has 0 saturated carbocycles. The first-order valence-corrected chi connectivity index (χ1v) is 6.23. The van der Waals surface area contributed by atoms with E-state index in [4.69, 9.17) is 0 Å². The van der Waals surface area contributed by atoms with Gasteiger partial charge in [0.05, 0.1) is 4.92 Å². The monoisotopic (exact) mass is 299 g/mol. The molecule has 6 nitrogen and oxygen atoms in total. The SMILES string of the molecule is Cc1ccc(C(=O)N(C)C2CCNC2)cc1[N+](=O)[O-].Cl. The lowest BCUT2D eigenvalue weighted by atomic mass is 10.1. The highest BCUT2D eigenvalue weighted by molar-refractivity contribution is 5.95. The van der Waals surface area contributed by atoms with Crippen LogP contribution in [0.5, 0.6) is 0 Å². The Kier molecular flexibility index (Phi) is 5.47. The second-order valence-corrected chi connectivity index (χ2v) is 4.82. The second-order valence-electron chi connectivity index (χ2n) is 4.82. The summed E-state index contributed by atoms with van der Waals surface area (Å²) in [5.74, 6) is -0.170. The molecule has 1 aliphatic heterocycles. The van der Waals surface area contributed by atoms with Crippen LogP contribution in [0.3, 0.4) is 0 Å². The van der Waals surface area contributed by atoms with Gasteiger partial charge >= 0.3 is 0 Å². The number of amides is 1. The molecule has 0 aliphatic carbocycles. The van der Waals surface area contributed by atoms with Crippen molar-refractivity contribution in [3.05, 3.63) is 39.4 Å². The fourth-order valence-corrected chi connectivity index (χ4v) is 2.28. The normalized spacial score (nSPS) is 17.4. The van der Waals surface area contributed by atoms with Gasteiger partial charge in [0.15, 0.2) is 0 Å². The van der Waals surface area contributed by atoms with E-state index in [-0.39, 0.29) is 30.0 Å². The third-order valence-electron chi connectivity index (χ3n) is 3.56. The summed E-state index contributed by atoms with van der Waals surface area (Å²) in [7, 11) is 1.74. The molecule has 1 N–H and O–H groups in total. The van der Waals surface area contributed by atoms with Crippen molar-refractivity contribution >= 4 is 24.0 Å². The van der Waals surface area contributed by atoms with Crippen LogP contribution in [-0.4, -0.2) is 41.9 Å². The van der Waals surface area contributed by atoms with Crippen LogP contribution in [0, 0.1) is 17.0 Å². The van der Waals surface area contributed by atoms with E-state index in [1.54, 1.807) is 31.0 Å². The molecule has 1 heterocycles. The standard InChI is InChI=1S/C13H17N3O3.ClH/c1-9-3-4-10(7-12(9)16(18)19)13(17)15(2)11-5-6-14-8-11;/h3-4,7,11,14H,5-6,8H2,1-2H3;1H. The summed E-state index contributed by atoms with van der Waals surface area (Å²) in [5.41, 5.74) is 0.919. The third kappa shape index (κ3) is 3.26. The average molecular weight is 300 g/mol. The lowest BCUT2D eigenvalue weighted by Gasteiger charge is -2.23. The molecule has 1 fully saturated rings. The Bertz CT molecular complexity index is 516. The summed E-state index contributed by atoms with van der Waals surface area (Å²) in [6.07, 6.45) is 0.913. The Morgan fingerprint density at radius 3 is 2.75 bits per heavy atom. The number of likely N-dealkylation sites (N-methyl/N-ethyl adjacent to an activating group) is 1. The van der Waals surface area contributed by atoms with E-state index >= 15 is 0 Å². The largest absolute Gasteiger partial charge is 0.337 e. The van der Waals surface area contributed by atoms with E-state index in [1.807, 2.05) is 0 Å². The van der Waals surface area contributed by atoms with E-state index in [1.165, 1.54) is 6.07 Å². The number of halogens is 1. The lowest BCUT2D eigenvalue weighted by molar-refractivity contribution is -0.385. The number of rotatable bonds is 3. The predicted octanol–water partition coefficient (Wildman–Crippen LogP) is 1.76. The number of hydrogen-bond donors (Lipinski definition) is 1. The number of nitrogens with one attached hydrogen (secondary N) is 1. The zero-order valence-corrected chi connectivity index (χ0v) is 12.3. The molecule has 110 valence electrons. The fraction of sp³-hybridized carbons (Fsp3) is 0.462. The zero-order chi connectivity index (χ0) is 14.0. The average Bonchev–Trinajstić information content (AvgIpc) is 2.91. The minimum absolute atomic E-state index is 0. The summed E-state index contributed by atoms with van der Waals surface area (Å²) < 4.78 is 0. The minimum Gasteiger partial charge on any atom is -0.337 e. The molecule has 1 saturated heterocycles. The summed E-state index contributed by atoms with van der Waals surface area (Å²) in [6.45, 7) is 3.34. The van der Waals surface area contributed by atoms with Crippen LogP contribution in [0.4, 0.5) is 5.69 Å². The molecule has 7 heteroatoms. The van der Waals surface area contributed by atoms with Crippen molar-refractivity contribution in [1.82, 2.24) is 10.2 Å². The van der Waals surface area contributed by atoms with Gasteiger partial charge in [0.25, 0.3) is 11.6 Å². The van der Waals surface area contributed by atoms with Crippen LogP contribution in [0.2, 0.25) is 0 Å². The molecule has 0 aromatic heterocycles. The van der Waals surface area contributed by atoms with Crippen LogP contribution < -0.4 is 5.32 Å². The molecule has 1 aromatic carbocycles. The highest BCUT2D eigenvalue weighted by atomic mass is 35.5. The maximum absolute atomic E-state index is 12.3. The molecule has 0 bridgehead atoms. The molecule has 2 rings (SSSR count). The number of carbonyl (C=O) groups excluding carboxylic acids is 1. The summed E-state index contributed by atoms with van der Waals surface area (Å²) in [6, 6.07) is 4.78. The molecule has 0 spiro atoms. The van der Waals surface area contributed by atoms with Crippen molar-refractivity contribution in [2.24, 2.45) is 0 Å². The van der Waals surface area contributed by atoms with Gasteiger partial charge in [0.1, 0.15) is 0 Å². The van der Waals surface area contributed by atoms with Crippen molar-refractivity contribution in [3.63, 3.8) is 0 Å². The molecule has 1 aromatic rings. The van der Waals surface area contributed by atoms with Gasteiger partial charge in [-0.3, -0.25) is 14.9 Å². The predicted molar refractivity (Wildman–Crippen MR) is 78.4 cm³/mol. The molecular formula is C13H18ClN3O3. The van der Waals surface area contributed by atoms with Crippen molar-refractivity contribution in [2.45, 2.75) is 19.4 Å². The first kappa shape index (κ1) is 16.4. The number of hydrogen-bond acceptors (Lipinski definition) is 4.